The summed E-state index contributed by atoms with van der Waals surface area (Å²) in [7, 11) is -2.31. The summed E-state index contributed by atoms with van der Waals surface area (Å²) in [4.78, 5) is 0.123. The summed E-state index contributed by atoms with van der Waals surface area (Å²) in [6.45, 7) is 1.79. The zero-order valence-corrected chi connectivity index (χ0v) is 13.9. The smallest absolute Gasteiger partial charge is 0.339 e. The van der Waals surface area contributed by atoms with Crippen molar-refractivity contribution in [2.24, 2.45) is 0 Å². The summed E-state index contributed by atoms with van der Waals surface area (Å²) < 4.78 is 35.6. The second kappa shape index (κ2) is 6.01. The van der Waals surface area contributed by atoms with Crippen molar-refractivity contribution in [1.29, 1.82) is 0 Å². The maximum atomic E-state index is 12.2. The summed E-state index contributed by atoms with van der Waals surface area (Å²) in [5, 5.41) is 0. The Morgan fingerprint density at radius 2 is 1.70 bits per heavy atom. The van der Waals surface area contributed by atoms with Crippen molar-refractivity contribution < 1.29 is 17.3 Å². The zero-order chi connectivity index (χ0) is 14.8. The SMILES string of the molecule is COc1ccc(C)c(OS(=O)(=O)c2ccccc2)c1I. The Hall–Kier alpha value is -1.28. The molecule has 0 aliphatic carbocycles. The van der Waals surface area contributed by atoms with Crippen molar-refractivity contribution in [3.8, 4) is 11.5 Å². The van der Waals surface area contributed by atoms with E-state index in [-0.39, 0.29) is 4.90 Å². The molecule has 0 radical (unpaired) electrons. The topological polar surface area (TPSA) is 52.6 Å². The minimum absolute atomic E-state index is 0.123. The lowest BCUT2D eigenvalue weighted by molar-refractivity contribution is 0.407. The predicted molar refractivity (Wildman–Crippen MR) is 84.7 cm³/mol. The van der Waals surface area contributed by atoms with Crippen LogP contribution in [0.5, 0.6) is 11.5 Å². The van der Waals surface area contributed by atoms with E-state index in [1.54, 1.807) is 37.3 Å². The van der Waals surface area contributed by atoms with Crippen LogP contribution < -0.4 is 8.92 Å². The van der Waals surface area contributed by atoms with E-state index < -0.39 is 10.1 Å². The molecular weight excluding hydrogens is 391 g/mol. The fourth-order valence-electron chi connectivity index (χ4n) is 1.64. The maximum absolute atomic E-state index is 12.2. The first-order valence-corrected chi connectivity index (χ1v) is 8.27. The molecule has 0 N–H and O–H groups in total. The molecule has 0 amide bonds. The lowest BCUT2D eigenvalue weighted by Crippen LogP contribution is -2.11. The van der Waals surface area contributed by atoms with Gasteiger partial charge in [0.25, 0.3) is 0 Å². The van der Waals surface area contributed by atoms with Gasteiger partial charge in [-0.05, 0) is 53.3 Å². The van der Waals surface area contributed by atoms with Crippen molar-refractivity contribution in [3.05, 3.63) is 51.6 Å². The van der Waals surface area contributed by atoms with Gasteiger partial charge in [-0.3, -0.25) is 0 Å². The number of aryl methyl sites for hydroxylation is 1. The van der Waals surface area contributed by atoms with Crippen LogP contribution in [0.2, 0.25) is 0 Å². The van der Waals surface area contributed by atoms with Crippen LogP contribution in [0.25, 0.3) is 0 Å². The van der Waals surface area contributed by atoms with Gasteiger partial charge in [0.2, 0.25) is 0 Å². The van der Waals surface area contributed by atoms with E-state index in [9.17, 15) is 8.42 Å². The highest BCUT2D eigenvalue weighted by molar-refractivity contribution is 14.1. The van der Waals surface area contributed by atoms with Crippen molar-refractivity contribution in [2.45, 2.75) is 11.8 Å². The Kier molecular flexibility index (Phi) is 4.54. The van der Waals surface area contributed by atoms with Gasteiger partial charge in [-0.1, -0.05) is 24.3 Å². The molecular formula is C14H13IO4S. The molecule has 20 heavy (non-hydrogen) atoms. The highest BCUT2D eigenvalue weighted by Crippen LogP contribution is 2.34. The van der Waals surface area contributed by atoms with Gasteiger partial charge in [0, 0.05) is 0 Å². The van der Waals surface area contributed by atoms with E-state index in [0.717, 1.165) is 5.56 Å². The second-order valence-electron chi connectivity index (χ2n) is 4.08. The summed E-state index contributed by atoms with van der Waals surface area (Å²) >= 11 is 2.01. The number of hydrogen-bond donors (Lipinski definition) is 0. The number of rotatable bonds is 4. The van der Waals surface area contributed by atoms with Crippen LogP contribution in [-0.4, -0.2) is 15.5 Å². The molecule has 4 nitrogen and oxygen atoms in total. The van der Waals surface area contributed by atoms with Gasteiger partial charge >= 0.3 is 10.1 Å². The molecule has 0 spiro atoms. The maximum Gasteiger partial charge on any atom is 0.339 e. The summed E-state index contributed by atoms with van der Waals surface area (Å²) in [5.74, 6) is 0.878. The Bertz CT molecular complexity index is 711. The highest BCUT2D eigenvalue weighted by atomic mass is 127. The van der Waals surface area contributed by atoms with Crippen LogP contribution in [0.15, 0.2) is 47.4 Å². The molecule has 0 saturated carbocycles. The molecule has 0 fully saturated rings. The molecule has 0 unspecified atom stereocenters. The first-order valence-electron chi connectivity index (χ1n) is 5.78. The average Bonchev–Trinajstić information content (AvgIpc) is 2.45. The standard InChI is InChI=1S/C14H13IO4S/c1-10-8-9-12(18-2)13(15)14(10)19-20(16,17)11-6-4-3-5-7-11/h3-9H,1-2H3. The first kappa shape index (κ1) is 15.1. The second-order valence-corrected chi connectivity index (χ2v) is 6.70. The van der Waals surface area contributed by atoms with Crippen LogP contribution in [0.1, 0.15) is 5.56 Å². The molecule has 2 aromatic rings. The molecule has 0 saturated heterocycles. The molecule has 0 bridgehead atoms. The molecule has 0 aromatic heterocycles. The third-order valence-electron chi connectivity index (χ3n) is 2.70. The van der Waals surface area contributed by atoms with Crippen LogP contribution in [-0.2, 0) is 10.1 Å². The molecule has 0 aliphatic rings. The zero-order valence-electron chi connectivity index (χ0n) is 11.0. The molecule has 0 aliphatic heterocycles. The van der Waals surface area contributed by atoms with Crippen LogP contribution in [0.3, 0.4) is 0 Å². The largest absolute Gasteiger partial charge is 0.496 e. The number of benzene rings is 2. The molecule has 0 heterocycles. The van der Waals surface area contributed by atoms with Crippen LogP contribution in [0, 0.1) is 10.5 Å². The lowest BCUT2D eigenvalue weighted by Gasteiger charge is -2.13. The lowest BCUT2D eigenvalue weighted by atomic mass is 10.2. The normalized spacial score (nSPS) is 11.2. The Morgan fingerprint density at radius 3 is 2.30 bits per heavy atom. The fourth-order valence-corrected chi connectivity index (χ4v) is 3.75. The van der Waals surface area contributed by atoms with Gasteiger partial charge in [0.15, 0.2) is 5.75 Å². The molecule has 106 valence electrons. The molecule has 2 rings (SSSR count). The average molecular weight is 404 g/mol. The van der Waals surface area contributed by atoms with Gasteiger partial charge in [0.05, 0.1) is 10.7 Å². The molecule has 6 heteroatoms. The Labute approximate surface area is 132 Å². The van der Waals surface area contributed by atoms with E-state index in [1.807, 2.05) is 22.6 Å². The minimum atomic E-state index is -3.84. The highest BCUT2D eigenvalue weighted by Gasteiger charge is 2.20. The number of hydrogen-bond acceptors (Lipinski definition) is 4. The Morgan fingerprint density at radius 1 is 1.05 bits per heavy atom. The van der Waals surface area contributed by atoms with Crippen LogP contribution >= 0.6 is 22.6 Å². The number of ether oxygens (including phenoxy) is 1. The van der Waals surface area contributed by atoms with E-state index in [0.29, 0.717) is 15.1 Å². The number of halogens is 1. The van der Waals surface area contributed by atoms with E-state index in [1.165, 1.54) is 19.2 Å². The van der Waals surface area contributed by atoms with Crippen molar-refractivity contribution in [2.75, 3.05) is 7.11 Å². The summed E-state index contributed by atoms with van der Waals surface area (Å²) in [6.07, 6.45) is 0. The van der Waals surface area contributed by atoms with E-state index in [4.69, 9.17) is 8.92 Å². The quantitative estimate of drug-likeness (QED) is 0.579. The number of methoxy groups -OCH3 is 1. The summed E-state index contributed by atoms with van der Waals surface area (Å²) in [6, 6.07) is 11.6. The minimum Gasteiger partial charge on any atom is -0.496 e. The van der Waals surface area contributed by atoms with Crippen molar-refractivity contribution in [3.63, 3.8) is 0 Å². The van der Waals surface area contributed by atoms with E-state index >= 15 is 0 Å². The first-order chi connectivity index (χ1) is 9.45. The fraction of sp³-hybridized carbons (Fsp3) is 0.143. The predicted octanol–water partition coefficient (Wildman–Crippen LogP) is 3.38. The van der Waals surface area contributed by atoms with Gasteiger partial charge in [-0.2, -0.15) is 8.42 Å². The van der Waals surface area contributed by atoms with Gasteiger partial charge in [0.1, 0.15) is 10.6 Å². The monoisotopic (exact) mass is 404 g/mol. The third-order valence-corrected chi connectivity index (χ3v) is 4.96. The van der Waals surface area contributed by atoms with Crippen molar-refractivity contribution in [1.82, 2.24) is 0 Å². The van der Waals surface area contributed by atoms with E-state index in [2.05, 4.69) is 0 Å². The van der Waals surface area contributed by atoms with Gasteiger partial charge < -0.3 is 8.92 Å². The third kappa shape index (κ3) is 3.06. The van der Waals surface area contributed by atoms with Gasteiger partial charge in [-0.15, -0.1) is 0 Å². The van der Waals surface area contributed by atoms with Crippen molar-refractivity contribution >= 4 is 32.7 Å². The molecule has 0 atom stereocenters. The molecule has 2 aromatic carbocycles. The Balaban J connectivity index is 2.45. The van der Waals surface area contributed by atoms with Gasteiger partial charge in [-0.25, -0.2) is 0 Å². The summed E-state index contributed by atoms with van der Waals surface area (Å²) in [5.41, 5.74) is 0.731. The van der Waals surface area contributed by atoms with Crippen LogP contribution in [0.4, 0.5) is 0 Å².